The summed E-state index contributed by atoms with van der Waals surface area (Å²) in [5, 5.41) is 3.93. The lowest BCUT2D eigenvalue weighted by molar-refractivity contribution is -0.0109. The average Bonchev–Trinajstić information content (AvgIpc) is 3.46. The maximum atomic E-state index is 12.9. The zero-order valence-corrected chi connectivity index (χ0v) is 18.5. The number of rotatable bonds is 6. The smallest absolute Gasteiger partial charge is 0.265 e. The normalized spacial score (nSPS) is 16.3. The van der Waals surface area contributed by atoms with Crippen LogP contribution in [0.1, 0.15) is 28.9 Å². The van der Waals surface area contributed by atoms with Gasteiger partial charge >= 0.3 is 0 Å². The Morgan fingerprint density at radius 1 is 1.06 bits per heavy atom. The summed E-state index contributed by atoms with van der Waals surface area (Å²) >= 11 is 3.08. The van der Waals surface area contributed by atoms with E-state index in [1.807, 2.05) is 54.6 Å². The molecule has 1 atom stereocenters. The molecule has 2 aromatic carbocycles. The zero-order chi connectivity index (χ0) is 21.0. The number of benzene rings is 2. The molecule has 1 N–H and O–H groups in total. The van der Waals surface area contributed by atoms with Gasteiger partial charge in [0.05, 0.1) is 31.8 Å². The van der Waals surface area contributed by atoms with E-state index < -0.39 is 0 Å². The van der Waals surface area contributed by atoms with Gasteiger partial charge in [-0.1, -0.05) is 24.3 Å². The second-order valence-corrected chi connectivity index (χ2v) is 9.51. The summed E-state index contributed by atoms with van der Waals surface area (Å²) in [6, 6.07) is 19.4. The maximum absolute atomic E-state index is 12.9. The van der Waals surface area contributed by atoms with Crippen LogP contribution in [-0.4, -0.2) is 30.2 Å². The second kappa shape index (κ2) is 9.18. The Hall–Kier alpha value is -2.74. The first-order chi connectivity index (χ1) is 15.3. The number of para-hydroxylation sites is 3. The van der Waals surface area contributed by atoms with Crippen molar-refractivity contribution in [2.45, 2.75) is 25.4 Å². The minimum atomic E-state index is -0.151. The summed E-state index contributed by atoms with van der Waals surface area (Å²) < 4.78 is 12.9. The highest BCUT2D eigenvalue weighted by atomic mass is 32.1. The van der Waals surface area contributed by atoms with Gasteiger partial charge < -0.3 is 14.8 Å². The van der Waals surface area contributed by atoms with E-state index in [-0.39, 0.29) is 12.0 Å². The van der Waals surface area contributed by atoms with E-state index in [0.717, 1.165) is 39.5 Å². The third-order valence-corrected chi connectivity index (χ3v) is 7.46. The minimum absolute atomic E-state index is 0.117. The van der Waals surface area contributed by atoms with E-state index in [9.17, 15) is 4.79 Å². The molecule has 1 aliphatic heterocycles. The molecule has 1 unspecified atom stereocenters. The fourth-order valence-electron chi connectivity index (χ4n) is 3.55. The van der Waals surface area contributed by atoms with Crippen molar-refractivity contribution in [3.05, 3.63) is 65.5 Å². The fourth-order valence-corrected chi connectivity index (χ4v) is 5.48. The minimum Gasteiger partial charge on any atom is -0.489 e. The Labute approximate surface area is 188 Å². The lowest BCUT2D eigenvalue weighted by Crippen LogP contribution is -2.26. The van der Waals surface area contributed by atoms with Crippen LogP contribution in [0.25, 0.3) is 20.1 Å². The Balaban J connectivity index is 1.28. The van der Waals surface area contributed by atoms with Gasteiger partial charge in [0.25, 0.3) is 5.91 Å². The van der Waals surface area contributed by atoms with Crippen LogP contribution in [0.2, 0.25) is 0 Å². The van der Waals surface area contributed by atoms with Gasteiger partial charge in [-0.2, -0.15) is 0 Å². The molecule has 0 saturated carbocycles. The van der Waals surface area contributed by atoms with E-state index in [1.54, 1.807) is 11.3 Å². The molecule has 5 rings (SSSR count). The van der Waals surface area contributed by atoms with Crippen LogP contribution < -0.4 is 10.1 Å². The number of carbonyl (C=O) groups excluding carboxylic acids is 1. The summed E-state index contributed by atoms with van der Waals surface area (Å²) in [7, 11) is 0. The molecule has 31 heavy (non-hydrogen) atoms. The number of fused-ring (bicyclic) bond motifs is 1. The topological polar surface area (TPSA) is 60.5 Å². The molecule has 1 aliphatic rings. The van der Waals surface area contributed by atoms with Gasteiger partial charge in [0, 0.05) is 6.61 Å². The first kappa shape index (κ1) is 20.2. The van der Waals surface area contributed by atoms with Crippen molar-refractivity contribution >= 4 is 44.5 Å². The quantitative estimate of drug-likeness (QED) is 0.379. The molecule has 0 radical (unpaired) electrons. The molecular weight excluding hydrogens is 428 g/mol. The average molecular weight is 451 g/mol. The van der Waals surface area contributed by atoms with Gasteiger partial charge in [0.15, 0.2) is 0 Å². The van der Waals surface area contributed by atoms with Crippen LogP contribution in [-0.2, 0) is 4.74 Å². The van der Waals surface area contributed by atoms with E-state index in [4.69, 9.17) is 9.47 Å². The highest BCUT2D eigenvalue weighted by Crippen LogP contribution is 2.35. The van der Waals surface area contributed by atoms with Gasteiger partial charge in [-0.3, -0.25) is 4.79 Å². The summed E-state index contributed by atoms with van der Waals surface area (Å²) in [5.74, 6) is 0.510. The third kappa shape index (κ3) is 4.63. The Morgan fingerprint density at radius 3 is 2.81 bits per heavy atom. The third-order valence-electron chi connectivity index (χ3n) is 5.17. The number of anilines is 1. The fraction of sp³-hybridized carbons (Fsp3) is 0.250. The van der Waals surface area contributed by atoms with E-state index >= 15 is 0 Å². The number of nitrogens with one attached hydrogen (secondary N) is 1. The van der Waals surface area contributed by atoms with Crippen LogP contribution in [0.4, 0.5) is 5.69 Å². The van der Waals surface area contributed by atoms with Crippen molar-refractivity contribution in [2.75, 3.05) is 18.5 Å². The highest BCUT2D eigenvalue weighted by Gasteiger charge is 2.17. The van der Waals surface area contributed by atoms with Gasteiger partial charge in [-0.15, -0.1) is 22.7 Å². The first-order valence-electron chi connectivity index (χ1n) is 10.4. The number of aromatic nitrogens is 1. The molecule has 0 bridgehead atoms. The van der Waals surface area contributed by atoms with E-state index in [1.165, 1.54) is 17.8 Å². The number of ether oxygens (including phenoxy) is 2. The molecule has 7 heteroatoms. The SMILES string of the molecule is O=C(Nc1ccccc1OCC1CCCCO1)c1ccc(-c2nc3ccccc3s2)s1. The highest BCUT2D eigenvalue weighted by molar-refractivity contribution is 7.26. The number of hydrogen-bond donors (Lipinski definition) is 1. The number of carbonyl (C=O) groups is 1. The van der Waals surface area contributed by atoms with Crippen molar-refractivity contribution in [1.29, 1.82) is 0 Å². The monoisotopic (exact) mass is 450 g/mol. The maximum Gasteiger partial charge on any atom is 0.265 e. The lowest BCUT2D eigenvalue weighted by Gasteiger charge is -2.23. The van der Waals surface area contributed by atoms with Crippen LogP contribution >= 0.6 is 22.7 Å². The molecule has 0 spiro atoms. The zero-order valence-electron chi connectivity index (χ0n) is 16.9. The summed E-state index contributed by atoms with van der Waals surface area (Å²) in [4.78, 5) is 19.2. The largest absolute Gasteiger partial charge is 0.489 e. The van der Waals surface area contributed by atoms with Crippen LogP contribution in [0.3, 0.4) is 0 Å². The van der Waals surface area contributed by atoms with Gasteiger partial charge in [-0.25, -0.2) is 4.98 Å². The van der Waals surface area contributed by atoms with Crippen molar-refractivity contribution < 1.29 is 14.3 Å². The molecule has 0 aliphatic carbocycles. The summed E-state index contributed by atoms with van der Waals surface area (Å²) in [5.41, 5.74) is 1.65. The van der Waals surface area contributed by atoms with Crippen molar-refractivity contribution in [2.24, 2.45) is 0 Å². The van der Waals surface area contributed by atoms with Crippen LogP contribution in [0.5, 0.6) is 5.75 Å². The Morgan fingerprint density at radius 2 is 1.94 bits per heavy atom. The number of thiophene rings is 1. The summed E-state index contributed by atoms with van der Waals surface area (Å²) in [6.07, 6.45) is 3.41. The van der Waals surface area contributed by atoms with E-state index in [2.05, 4.69) is 16.4 Å². The van der Waals surface area contributed by atoms with Gasteiger partial charge in [0.1, 0.15) is 17.4 Å². The Bertz CT molecular complexity index is 1160. The molecule has 2 aromatic heterocycles. The Kier molecular flexibility index (Phi) is 5.97. The molecule has 1 amide bonds. The van der Waals surface area contributed by atoms with Gasteiger partial charge in [-0.05, 0) is 55.7 Å². The lowest BCUT2D eigenvalue weighted by atomic mass is 10.1. The van der Waals surface area contributed by atoms with Crippen LogP contribution in [0, 0.1) is 0 Å². The molecule has 1 fully saturated rings. The molecule has 1 saturated heterocycles. The number of nitrogens with zero attached hydrogens (tertiary/aromatic N) is 1. The second-order valence-electron chi connectivity index (χ2n) is 7.40. The van der Waals surface area contributed by atoms with Crippen molar-refractivity contribution in [1.82, 2.24) is 4.98 Å². The van der Waals surface area contributed by atoms with E-state index in [0.29, 0.717) is 22.9 Å². The number of hydrogen-bond acceptors (Lipinski definition) is 6. The molecule has 5 nitrogen and oxygen atoms in total. The van der Waals surface area contributed by atoms with Crippen LogP contribution in [0.15, 0.2) is 60.7 Å². The molecular formula is C24H22N2O3S2. The van der Waals surface area contributed by atoms with Gasteiger partial charge in [0.2, 0.25) is 0 Å². The standard InChI is InChI=1S/C24H22N2O3S2/c27-23(21-12-13-22(30-21)24-26-18-9-2-4-11-20(18)31-24)25-17-8-1-3-10-19(17)29-15-16-7-5-6-14-28-16/h1-4,8-13,16H,5-7,14-15H2,(H,25,27). The first-order valence-corrected chi connectivity index (χ1v) is 12.0. The predicted octanol–water partition coefficient (Wildman–Crippen LogP) is 6.23. The predicted molar refractivity (Wildman–Crippen MR) is 126 cm³/mol. The van der Waals surface area contributed by atoms with Crippen molar-refractivity contribution in [3.63, 3.8) is 0 Å². The number of amides is 1. The molecule has 4 aromatic rings. The number of thiazole rings is 1. The van der Waals surface area contributed by atoms with Crippen molar-refractivity contribution in [3.8, 4) is 15.6 Å². The molecule has 3 heterocycles. The summed E-state index contributed by atoms with van der Waals surface area (Å²) in [6.45, 7) is 1.29. The molecule has 158 valence electrons.